The van der Waals surface area contributed by atoms with Gasteiger partial charge in [-0.3, -0.25) is 0 Å². The van der Waals surface area contributed by atoms with Crippen LogP contribution in [0.25, 0.3) is 0 Å². The van der Waals surface area contributed by atoms with Gasteiger partial charge in [0.05, 0.1) is 18.8 Å². The number of aliphatic hydroxyl groups excluding tert-OH is 1. The fourth-order valence-electron chi connectivity index (χ4n) is 1.92. The Kier molecular flexibility index (Phi) is 4.54. The van der Waals surface area contributed by atoms with Crippen LogP contribution in [-0.4, -0.2) is 30.0 Å². The first-order chi connectivity index (χ1) is 8.25. The lowest BCUT2D eigenvalue weighted by Crippen LogP contribution is -2.41. The second kappa shape index (κ2) is 6.15. The van der Waals surface area contributed by atoms with Gasteiger partial charge >= 0.3 is 0 Å². The zero-order valence-electron chi connectivity index (χ0n) is 10.1. The molecule has 2 atom stereocenters. The molecule has 0 saturated heterocycles. The van der Waals surface area contributed by atoms with E-state index in [0.29, 0.717) is 19.1 Å². The predicted molar refractivity (Wildman–Crippen MR) is 67.7 cm³/mol. The molecule has 3 heteroatoms. The molecule has 0 spiro atoms. The third-order valence-electron chi connectivity index (χ3n) is 3.36. The molecule has 1 aromatic rings. The van der Waals surface area contributed by atoms with Crippen LogP contribution in [0.5, 0.6) is 0 Å². The molecular weight excluding hydrogens is 214 g/mol. The van der Waals surface area contributed by atoms with Crippen LogP contribution in [0.4, 0.5) is 0 Å². The molecule has 1 saturated carbocycles. The Morgan fingerprint density at radius 3 is 2.59 bits per heavy atom. The summed E-state index contributed by atoms with van der Waals surface area (Å²) in [5, 5.41) is 9.90. The summed E-state index contributed by atoms with van der Waals surface area (Å²) in [5.74, 6) is 0. The SMILES string of the molecule is NC(Cc1ccccc1)C(O)COC1CCC1. The molecule has 0 bridgehead atoms. The number of ether oxygens (including phenoxy) is 1. The summed E-state index contributed by atoms with van der Waals surface area (Å²) in [6.45, 7) is 0.360. The van der Waals surface area contributed by atoms with E-state index in [-0.39, 0.29) is 6.04 Å². The smallest absolute Gasteiger partial charge is 0.0927 e. The van der Waals surface area contributed by atoms with Crippen molar-refractivity contribution in [3.05, 3.63) is 35.9 Å². The number of hydrogen-bond acceptors (Lipinski definition) is 3. The van der Waals surface area contributed by atoms with Crippen LogP contribution >= 0.6 is 0 Å². The maximum absolute atomic E-state index is 9.90. The lowest BCUT2D eigenvalue weighted by atomic mass is 9.96. The summed E-state index contributed by atoms with van der Waals surface area (Å²) in [5.41, 5.74) is 7.12. The van der Waals surface area contributed by atoms with Gasteiger partial charge in [-0.1, -0.05) is 30.3 Å². The highest BCUT2D eigenvalue weighted by Gasteiger charge is 2.21. The third-order valence-corrected chi connectivity index (χ3v) is 3.36. The van der Waals surface area contributed by atoms with Crippen molar-refractivity contribution < 1.29 is 9.84 Å². The van der Waals surface area contributed by atoms with Crippen molar-refractivity contribution in [3.8, 4) is 0 Å². The molecular formula is C14H21NO2. The van der Waals surface area contributed by atoms with Crippen LogP contribution in [0.3, 0.4) is 0 Å². The van der Waals surface area contributed by atoms with E-state index >= 15 is 0 Å². The van der Waals surface area contributed by atoms with Crippen molar-refractivity contribution in [2.45, 2.75) is 43.9 Å². The number of benzene rings is 1. The largest absolute Gasteiger partial charge is 0.389 e. The van der Waals surface area contributed by atoms with Gasteiger partial charge < -0.3 is 15.6 Å². The zero-order chi connectivity index (χ0) is 12.1. The van der Waals surface area contributed by atoms with Gasteiger partial charge in [0.1, 0.15) is 0 Å². The Labute approximate surface area is 103 Å². The first kappa shape index (κ1) is 12.6. The van der Waals surface area contributed by atoms with E-state index in [1.165, 1.54) is 6.42 Å². The maximum atomic E-state index is 9.90. The van der Waals surface area contributed by atoms with Gasteiger partial charge in [-0.15, -0.1) is 0 Å². The summed E-state index contributed by atoms with van der Waals surface area (Å²) in [4.78, 5) is 0. The standard InChI is InChI=1S/C14H21NO2/c15-13(9-11-5-2-1-3-6-11)14(16)10-17-12-7-4-8-12/h1-3,5-6,12-14,16H,4,7-10,15H2. The molecule has 0 aliphatic heterocycles. The van der Waals surface area contributed by atoms with Gasteiger partial charge in [-0.05, 0) is 31.2 Å². The molecule has 3 N–H and O–H groups in total. The molecule has 0 radical (unpaired) electrons. The van der Waals surface area contributed by atoms with Gasteiger partial charge in [-0.25, -0.2) is 0 Å². The molecule has 0 amide bonds. The monoisotopic (exact) mass is 235 g/mol. The minimum absolute atomic E-state index is 0.252. The van der Waals surface area contributed by atoms with E-state index in [0.717, 1.165) is 18.4 Å². The van der Waals surface area contributed by atoms with Gasteiger partial charge in [0.2, 0.25) is 0 Å². The molecule has 1 aliphatic rings. The van der Waals surface area contributed by atoms with Gasteiger partial charge in [0.15, 0.2) is 0 Å². The average molecular weight is 235 g/mol. The summed E-state index contributed by atoms with van der Waals surface area (Å²) < 4.78 is 5.57. The Morgan fingerprint density at radius 2 is 2.00 bits per heavy atom. The summed E-state index contributed by atoms with van der Waals surface area (Å²) in [6, 6.07) is 9.75. The van der Waals surface area contributed by atoms with Crippen LogP contribution in [0.2, 0.25) is 0 Å². The highest BCUT2D eigenvalue weighted by molar-refractivity contribution is 5.16. The summed E-state index contributed by atoms with van der Waals surface area (Å²) >= 11 is 0. The van der Waals surface area contributed by atoms with Crippen molar-refractivity contribution in [2.24, 2.45) is 5.73 Å². The van der Waals surface area contributed by atoms with Crippen LogP contribution in [0.1, 0.15) is 24.8 Å². The van der Waals surface area contributed by atoms with Crippen molar-refractivity contribution >= 4 is 0 Å². The highest BCUT2D eigenvalue weighted by atomic mass is 16.5. The van der Waals surface area contributed by atoms with E-state index in [9.17, 15) is 5.11 Å². The first-order valence-corrected chi connectivity index (χ1v) is 6.35. The van der Waals surface area contributed by atoms with Crippen molar-refractivity contribution in [1.82, 2.24) is 0 Å². The molecule has 94 valence electrons. The minimum Gasteiger partial charge on any atom is -0.389 e. The van der Waals surface area contributed by atoms with E-state index in [2.05, 4.69) is 0 Å². The van der Waals surface area contributed by atoms with Crippen molar-refractivity contribution in [2.75, 3.05) is 6.61 Å². The fraction of sp³-hybridized carbons (Fsp3) is 0.571. The second-order valence-electron chi connectivity index (χ2n) is 4.81. The van der Waals surface area contributed by atoms with Gasteiger partial charge in [-0.2, -0.15) is 0 Å². The van der Waals surface area contributed by atoms with E-state index in [1.54, 1.807) is 0 Å². The normalized spacial score (nSPS) is 19.6. The predicted octanol–water partition coefficient (Wildman–Crippen LogP) is 1.49. The molecule has 2 unspecified atom stereocenters. The third kappa shape index (κ3) is 3.80. The molecule has 1 aliphatic carbocycles. The molecule has 0 heterocycles. The fourth-order valence-corrected chi connectivity index (χ4v) is 1.92. The summed E-state index contributed by atoms with van der Waals surface area (Å²) in [7, 11) is 0. The van der Waals surface area contributed by atoms with Crippen molar-refractivity contribution in [3.63, 3.8) is 0 Å². The highest BCUT2D eigenvalue weighted by Crippen LogP contribution is 2.22. The van der Waals surface area contributed by atoms with Crippen LogP contribution < -0.4 is 5.73 Å². The topological polar surface area (TPSA) is 55.5 Å². The number of aliphatic hydroxyl groups is 1. The number of nitrogens with two attached hydrogens (primary N) is 1. The van der Waals surface area contributed by atoms with Gasteiger partial charge in [0.25, 0.3) is 0 Å². The van der Waals surface area contributed by atoms with Crippen LogP contribution in [0, 0.1) is 0 Å². The van der Waals surface area contributed by atoms with Crippen molar-refractivity contribution in [1.29, 1.82) is 0 Å². The van der Waals surface area contributed by atoms with Crippen LogP contribution in [-0.2, 0) is 11.2 Å². The zero-order valence-corrected chi connectivity index (χ0v) is 10.1. The van der Waals surface area contributed by atoms with E-state index in [1.807, 2.05) is 30.3 Å². The molecule has 2 rings (SSSR count). The Hall–Kier alpha value is -0.900. The molecule has 17 heavy (non-hydrogen) atoms. The lowest BCUT2D eigenvalue weighted by molar-refractivity contribution is -0.0478. The number of rotatable bonds is 6. The van der Waals surface area contributed by atoms with E-state index < -0.39 is 6.10 Å². The quantitative estimate of drug-likeness (QED) is 0.785. The Bertz CT molecular complexity index is 324. The number of hydrogen-bond donors (Lipinski definition) is 2. The molecule has 1 fully saturated rings. The molecule has 0 aromatic heterocycles. The average Bonchev–Trinajstić information content (AvgIpc) is 2.28. The first-order valence-electron chi connectivity index (χ1n) is 6.35. The van der Waals surface area contributed by atoms with Gasteiger partial charge in [0, 0.05) is 6.04 Å². The van der Waals surface area contributed by atoms with Crippen LogP contribution in [0.15, 0.2) is 30.3 Å². The maximum Gasteiger partial charge on any atom is 0.0927 e. The Balaban J connectivity index is 1.72. The Morgan fingerprint density at radius 1 is 1.29 bits per heavy atom. The summed E-state index contributed by atoms with van der Waals surface area (Å²) in [6.07, 6.45) is 3.97. The lowest BCUT2D eigenvalue weighted by Gasteiger charge is -2.28. The molecule has 3 nitrogen and oxygen atoms in total. The second-order valence-corrected chi connectivity index (χ2v) is 4.81. The minimum atomic E-state index is -0.573. The molecule has 1 aromatic carbocycles. The van der Waals surface area contributed by atoms with E-state index in [4.69, 9.17) is 10.5 Å².